The van der Waals surface area contributed by atoms with Gasteiger partial charge in [-0.25, -0.2) is 8.42 Å². The minimum Gasteiger partial charge on any atom is -0.373 e. The van der Waals surface area contributed by atoms with Gasteiger partial charge in [0.1, 0.15) is 17.6 Å². The molecule has 0 aromatic heterocycles. The summed E-state index contributed by atoms with van der Waals surface area (Å²) in [6.07, 6.45) is -1.95. The van der Waals surface area contributed by atoms with Crippen molar-refractivity contribution in [2.24, 2.45) is 11.3 Å². The maximum Gasteiger partial charge on any atom is 0.416 e. The van der Waals surface area contributed by atoms with E-state index in [-0.39, 0.29) is 24.6 Å². The second-order valence-electron chi connectivity index (χ2n) is 12.9. The molecule has 1 heterocycles. The van der Waals surface area contributed by atoms with E-state index in [0.29, 0.717) is 32.1 Å². The zero-order valence-corrected chi connectivity index (χ0v) is 24.8. The Balaban J connectivity index is 1.51. The molecule has 3 N–H and O–H groups in total. The van der Waals surface area contributed by atoms with E-state index in [0.717, 1.165) is 12.1 Å². The summed E-state index contributed by atoms with van der Waals surface area (Å²) in [5.74, 6) is -2.01. The molecule has 2 saturated carbocycles. The number of carbonyl (C=O) groups excluding carboxylic acids is 3. The number of anilines is 1. The van der Waals surface area contributed by atoms with Crippen LogP contribution in [0.15, 0.2) is 24.3 Å². The number of benzene rings is 1. The predicted octanol–water partition coefficient (Wildman–Crippen LogP) is 3.81. The zero-order valence-electron chi connectivity index (χ0n) is 24.0. The van der Waals surface area contributed by atoms with Crippen molar-refractivity contribution in [3.05, 3.63) is 29.8 Å². The van der Waals surface area contributed by atoms with E-state index in [2.05, 4.69) is 15.4 Å². The molecule has 1 aliphatic heterocycles. The Bertz CT molecular complexity index is 1320. The lowest BCUT2D eigenvalue weighted by Gasteiger charge is -2.36. The van der Waals surface area contributed by atoms with Crippen molar-refractivity contribution in [1.29, 1.82) is 0 Å². The number of halogens is 3. The molecule has 0 spiro atoms. The van der Waals surface area contributed by atoms with Gasteiger partial charge >= 0.3 is 6.18 Å². The monoisotopic (exact) mass is 600 g/mol. The number of nitrogens with one attached hydrogen (secondary N) is 3. The summed E-state index contributed by atoms with van der Waals surface area (Å²) in [5, 5.41) is 5.74. The Kier molecular flexibility index (Phi) is 7.94. The van der Waals surface area contributed by atoms with Crippen LogP contribution in [0, 0.1) is 11.3 Å². The Labute approximate surface area is 239 Å². The first kappa shape index (κ1) is 31.1. The molecule has 41 heavy (non-hydrogen) atoms. The highest BCUT2D eigenvalue weighted by Crippen LogP contribution is 2.48. The van der Waals surface area contributed by atoms with Gasteiger partial charge in [0.25, 0.3) is 5.91 Å². The smallest absolute Gasteiger partial charge is 0.373 e. The van der Waals surface area contributed by atoms with Crippen molar-refractivity contribution in [1.82, 2.24) is 14.9 Å². The van der Waals surface area contributed by atoms with Gasteiger partial charge in [0.2, 0.25) is 21.8 Å². The number of rotatable bonds is 9. The lowest BCUT2D eigenvalue weighted by Crippen LogP contribution is -2.59. The molecule has 3 aliphatic rings. The molecular formula is C28H39F3N4O5S. The van der Waals surface area contributed by atoms with Crippen LogP contribution in [0.1, 0.15) is 78.7 Å². The van der Waals surface area contributed by atoms with Crippen LogP contribution in [0.5, 0.6) is 0 Å². The fourth-order valence-electron chi connectivity index (χ4n) is 5.46. The Hall–Kier alpha value is -2.83. The van der Waals surface area contributed by atoms with Crippen LogP contribution in [0.4, 0.5) is 18.9 Å². The third-order valence-electron chi connectivity index (χ3n) is 8.63. The number of amides is 3. The zero-order chi connectivity index (χ0) is 30.6. The van der Waals surface area contributed by atoms with Gasteiger partial charge in [-0.2, -0.15) is 13.2 Å². The molecule has 13 heteroatoms. The molecule has 0 radical (unpaired) electrons. The van der Waals surface area contributed by atoms with Crippen LogP contribution < -0.4 is 15.4 Å². The number of hydrogen-bond donors (Lipinski definition) is 3. The highest BCUT2D eigenvalue weighted by Gasteiger charge is 2.63. The third kappa shape index (κ3) is 6.19. The van der Waals surface area contributed by atoms with Gasteiger partial charge in [-0.1, -0.05) is 40.2 Å². The molecule has 3 unspecified atom stereocenters. The normalized spacial score (nSPS) is 26.2. The minimum atomic E-state index is -4.55. The lowest BCUT2D eigenvalue weighted by molar-refractivity contribution is -0.141. The molecule has 2 aliphatic carbocycles. The highest BCUT2D eigenvalue weighted by atomic mass is 32.2. The first-order valence-corrected chi connectivity index (χ1v) is 15.5. The van der Waals surface area contributed by atoms with Crippen molar-refractivity contribution < 1.29 is 36.0 Å². The summed E-state index contributed by atoms with van der Waals surface area (Å²) < 4.78 is 66.4. The van der Waals surface area contributed by atoms with Gasteiger partial charge in [0.15, 0.2) is 0 Å². The molecule has 228 valence electrons. The summed E-state index contributed by atoms with van der Waals surface area (Å²) in [5.41, 5.74) is -2.83. The van der Waals surface area contributed by atoms with Gasteiger partial charge < -0.3 is 15.5 Å². The Morgan fingerprint density at radius 2 is 1.80 bits per heavy atom. The minimum absolute atomic E-state index is 0.123. The van der Waals surface area contributed by atoms with E-state index in [1.165, 1.54) is 17.0 Å². The summed E-state index contributed by atoms with van der Waals surface area (Å²) in [4.78, 5) is 42.0. The summed E-state index contributed by atoms with van der Waals surface area (Å²) >= 11 is 0. The SMILES string of the molecule is CCC1C[C@]1(NC(=O)C1CCCN1C(=O)C(Nc1cccc(C(F)(F)F)c1)C(C)(C)C)C(=O)NS(=O)(=O)C1(C)CC1. The number of likely N-dealkylation sites (tertiary alicyclic amines) is 1. The van der Waals surface area contributed by atoms with Crippen LogP contribution in [-0.4, -0.2) is 60.0 Å². The quantitative estimate of drug-likeness (QED) is 0.396. The van der Waals surface area contributed by atoms with Crippen molar-refractivity contribution in [3.8, 4) is 0 Å². The van der Waals surface area contributed by atoms with Crippen LogP contribution >= 0.6 is 0 Å². The van der Waals surface area contributed by atoms with Gasteiger partial charge in [0, 0.05) is 12.2 Å². The molecule has 1 saturated heterocycles. The van der Waals surface area contributed by atoms with Gasteiger partial charge in [-0.3, -0.25) is 19.1 Å². The fraction of sp³-hybridized carbons (Fsp3) is 0.679. The molecule has 3 amide bonds. The predicted molar refractivity (Wildman–Crippen MR) is 147 cm³/mol. The molecule has 4 atom stereocenters. The van der Waals surface area contributed by atoms with Crippen molar-refractivity contribution in [3.63, 3.8) is 0 Å². The number of nitrogens with zero attached hydrogens (tertiary/aromatic N) is 1. The second kappa shape index (κ2) is 10.5. The van der Waals surface area contributed by atoms with Crippen LogP contribution in [-0.2, 0) is 30.6 Å². The molecule has 1 aromatic rings. The second-order valence-corrected chi connectivity index (χ2v) is 15.1. The molecule has 1 aromatic carbocycles. The summed E-state index contributed by atoms with van der Waals surface area (Å²) in [7, 11) is -3.90. The number of alkyl halides is 3. The van der Waals surface area contributed by atoms with E-state index in [4.69, 9.17) is 0 Å². The molecule has 9 nitrogen and oxygen atoms in total. The van der Waals surface area contributed by atoms with Crippen LogP contribution in [0.2, 0.25) is 0 Å². The maximum absolute atomic E-state index is 13.8. The maximum atomic E-state index is 13.8. The third-order valence-corrected chi connectivity index (χ3v) is 10.8. The fourth-order valence-corrected chi connectivity index (χ4v) is 6.78. The number of sulfonamides is 1. The van der Waals surface area contributed by atoms with E-state index < -0.39 is 67.3 Å². The van der Waals surface area contributed by atoms with E-state index in [1.807, 2.05) is 6.92 Å². The molecular weight excluding hydrogens is 561 g/mol. The highest BCUT2D eigenvalue weighted by molar-refractivity contribution is 7.91. The lowest BCUT2D eigenvalue weighted by atomic mass is 9.85. The molecule has 0 bridgehead atoms. The van der Waals surface area contributed by atoms with E-state index >= 15 is 0 Å². The summed E-state index contributed by atoms with van der Waals surface area (Å²) in [6.45, 7) is 9.00. The van der Waals surface area contributed by atoms with E-state index in [1.54, 1.807) is 27.7 Å². The Morgan fingerprint density at radius 1 is 1.15 bits per heavy atom. The first-order chi connectivity index (χ1) is 18.8. The van der Waals surface area contributed by atoms with Crippen LogP contribution in [0.3, 0.4) is 0 Å². The van der Waals surface area contributed by atoms with Gasteiger partial charge in [-0.05, 0) is 68.6 Å². The largest absolute Gasteiger partial charge is 0.416 e. The first-order valence-electron chi connectivity index (χ1n) is 14.0. The van der Waals surface area contributed by atoms with Crippen molar-refractivity contribution >= 4 is 33.4 Å². The number of carbonyl (C=O) groups is 3. The topological polar surface area (TPSA) is 125 Å². The van der Waals surface area contributed by atoms with E-state index in [9.17, 15) is 36.0 Å². The summed E-state index contributed by atoms with van der Waals surface area (Å²) in [6, 6.07) is 2.74. The van der Waals surface area contributed by atoms with Crippen molar-refractivity contribution in [2.45, 2.75) is 102 Å². The molecule has 4 rings (SSSR count). The van der Waals surface area contributed by atoms with Gasteiger partial charge in [-0.15, -0.1) is 0 Å². The van der Waals surface area contributed by atoms with Crippen LogP contribution in [0.25, 0.3) is 0 Å². The Morgan fingerprint density at radius 3 is 2.34 bits per heavy atom. The average molecular weight is 601 g/mol. The number of hydrogen-bond acceptors (Lipinski definition) is 6. The van der Waals surface area contributed by atoms with Crippen molar-refractivity contribution in [2.75, 3.05) is 11.9 Å². The molecule has 3 fully saturated rings. The standard InChI is InChI=1S/C28H39F3N4O5S/c1-6-17-16-27(17,24(38)34-41(39,40)26(5)12-13-26)33-22(36)20-11-8-14-35(20)23(37)21(25(2,3)4)32-19-10-7-9-18(15-19)28(29,30)31/h7,9-10,15,17,20-21,32H,6,8,11-14,16H2,1-5H3,(H,33,36)(H,34,38)/t17?,20?,21?,27-/m1/s1. The van der Waals surface area contributed by atoms with Gasteiger partial charge in [0.05, 0.1) is 10.3 Å². The average Bonchev–Trinajstić information content (AvgIpc) is 3.73.